The highest BCUT2D eigenvalue weighted by Crippen LogP contribution is 2.29. The Kier molecular flexibility index (Phi) is 7.35. The van der Waals surface area contributed by atoms with Gasteiger partial charge in [0.05, 0.1) is 20.5 Å². The molecule has 0 bridgehead atoms. The van der Waals surface area contributed by atoms with Gasteiger partial charge in [-0.25, -0.2) is 0 Å². The number of nitrogens with zero attached hydrogens (tertiary/aromatic N) is 2. The first kappa shape index (κ1) is 21.8. The average Bonchev–Trinajstić information content (AvgIpc) is 2.71. The molecule has 1 saturated heterocycles. The Bertz CT molecular complexity index is 901. The SMILES string of the molecule is O=Cc1ccc(CC(Cl)N2CCC(Oc3ccc(Cl)c(Cl)c3)CC2)c([N+](=O)[O-])c1. The third-order valence-electron chi connectivity index (χ3n) is 4.90. The number of carbonyl (C=O) groups excluding carboxylic acids is 1. The van der Waals surface area contributed by atoms with Crippen LogP contribution in [0.3, 0.4) is 0 Å². The van der Waals surface area contributed by atoms with Crippen molar-refractivity contribution in [3.63, 3.8) is 0 Å². The van der Waals surface area contributed by atoms with Gasteiger partial charge < -0.3 is 4.74 Å². The number of alkyl halides is 1. The van der Waals surface area contributed by atoms with Crippen molar-refractivity contribution in [2.45, 2.75) is 30.9 Å². The number of rotatable bonds is 7. The maximum atomic E-state index is 11.3. The number of aldehydes is 1. The number of ether oxygens (including phenoxy) is 1. The van der Waals surface area contributed by atoms with Crippen LogP contribution in [-0.2, 0) is 6.42 Å². The fraction of sp³-hybridized carbons (Fsp3) is 0.350. The second kappa shape index (κ2) is 9.76. The minimum absolute atomic E-state index is 0.0357. The Labute approximate surface area is 183 Å². The van der Waals surface area contributed by atoms with Crippen LogP contribution in [0.4, 0.5) is 5.69 Å². The van der Waals surface area contributed by atoms with Gasteiger partial charge in [0.15, 0.2) is 0 Å². The van der Waals surface area contributed by atoms with Crippen molar-refractivity contribution in [3.05, 3.63) is 67.7 Å². The molecule has 0 aliphatic carbocycles. The molecule has 2 aromatic rings. The number of carbonyl (C=O) groups is 1. The lowest BCUT2D eigenvalue weighted by Gasteiger charge is -2.35. The quantitative estimate of drug-likeness (QED) is 0.184. The maximum Gasteiger partial charge on any atom is 0.273 e. The minimum atomic E-state index is -0.483. The lowest BCUT2D eigenvalue weighted by atomic mass is 10.0. The second-order valence-electron chi connectivity index (χ2n) is 6.83. The molecule has 1 unspecified atom stereocenters. The normalized spacial score (nSPS) is 16.4. The largest absolute Gasteiger partial charge is 0.490 e. The zero-order chi connectivity index (χ0) is 21.0. The fourth-order valence-electron chi connectivity index (χ4n) is 3.32. The summed E-state index contributed by atoms with van der Waals surface area (Å²) in [5, 5.41) is 12.2. The number of likely N-dealkylation sites (tertiary alicyclic amines) is 1. The second-order valence-corrected chi connectivity index (χ2v) is 8.15. The molecule has 6 nitrogen and oxygen atoms in total. The zero-order valence-corrected chi connectivity index (χ0v) is 17.7. The first-order valence-corrected chi connectivity index (χ1v) is 10.3. The molecule has 0 saturated carbocycles. The monoisotopic (exact) mass is 456 g/mol. The Morgan fingerprint density at radius 2 is 1.90 bits per heavy atom. The summed E-state index contributed by atoms with van der Waals surface area (Å²) in [6.45, 7) is 1.42. The van der Waals surface area contributed by atoms with Gasteiger partial charge in [-0.3, -0.25) is 19.8 Å². The molecule has 1 aliphatic rings. The summed E-state index contributed by atoms with van der Waals surface area (Å²) < 4.78 is 5.98. The van der Waals surface area contributed by atoms with Crippen molar-refractivity contribution >= 4 is 46.8 Å². The number of benzene rings is 2. The average molecular weight is 458 g/mol. The van der Waals surface area contributed by atoms with Gasteiger partial charge in [0.25, 0.3) is 5.69 Å². The predicted octanol–water partition coefficient (Wildman–Crippen LogP) is 5.36. The number of hydrogen-bond donors (Lipinski definition) is 0. The van der Waals surface area contributed by atoms with Crippen LogP contribution in [-0.4, -0.2) is 40.8 Å². The van der Waals surface area contributed by atoms with E-state index in [0.717, 1.165) is 12.8 Å². The summed E-state index contributed by atoms with van der Waals surface area (Å²) in [5.74, 6) is 0.672. The smallest absolute Gasteiger partial charge is 0.273 e. The predicted molar refractivity (Wildman–Crippen MR) is 114 cm³/mol. The zero-order valence-electron chi connectivity index (χ0n) is 15.4. The Morgan fingerprint density at radius 1 is 1.17 bits per heavy atom. The molecule has 29 heavy (non-hydrogen) atoms. The van der Waals surface area contributed by atoms with E-state index in [1.807, 2.05) is 0 Å². The Morgan fingerprint density at radius 3 is 2.52 bits per heavy atom. The van der Waals surface area contributed by atoms with Gasteiger partial charge in [0, 0.05) is 42.8 Å². The molecule has 1 heterocycles. The van der Waals surface area contributed by atoms with Gasteiger partial charge in [0.2, 0.25) is 0 Å². The van der Waals surface area contributed by atoms with Crippen molar-refractivity contribution in [1.82, 2.24) is 4.90 Å². The van der Waals surface area contributed by atoms with Crippen molar-refractivity contribution in [1.29, 1.82) is 0 Å². The molecule has 3 rings (SSSR count). The Hall–Kier alpha value is -1.86. The summed E-state index contributed by atoms with van der Waals surface area (Å²) >= 11 is 18.5. The van der Waals surface area contributed by atoms with Crippen molar-refractivity contribution < 1.29 is 14.5 Å². The van der Waals surface area contributed by atoms with Crippen LogP contribution in [0.5, 0.6) is 5.75 Å². The number of nitro groups is 1. The highest BCUT2D eigenvalue weighted by molar-refractivity contribution is 6.42. The van der Waals surface area contributed by atoms with E-state index in [1.54, 1.807) is 30.3 Å². The molecule has 1 fully saturated rings. The van der Waals surface area contributed by atoms with Crippen LogP contribution in [0, 0.1) is 10.1 Å². The molecule has 154 valence electrons. The van der Waals surface area contributed by atoms with Crippen LogP contribution < -0.4 is 4.74 Å². The molecular weight excluding hydrogens is 439 g/mol. The van der Waals surface area contributed by atoms with E-state index in [1.165, 1.54) is 6.07 Å². The maximum absolute atomic E-state index is 11.3. The van der Waals surface area contributed by atoms with Crippen molar-refractivity contribution in [2.75, 3.05) is 13.1 Å². The number of hydrogen-bond acceptors (Lipinski definition) is 5. The summed E-state index contributed by atoms with van der Waals surface area (Å²) in [7, 11) is 0. The minimum Gasteiger partial charge on any atom is -0.490 e. The van der Waals surface area contributed by atoms with Gasteiger partial charge in [-0.15, -0.1) is 11.6 Å². The van der Waals surface area contributed by atoms with E-state index >= 15 is 0 Å². The molecule has 0 amide bonds. The van der Waals surface area contributed by atoms with Gasteiger partial charge in [0.1, 0.15) is 18.1 Å². The summed E-state index contributed by atoms with van der Waals surface area (Å²) in [4.78, 5) is 23.8. The molecule has 0 spiro atoms. The topological polar surface area (TPSA) is 72.7 Å². The van der Waals surface area contributed by atoms with Crippen molar-refractivity contribution in [2.24, 2.45) is 0 Å². The standard InChI is InChI=1S/C20H19Cl3N2O4/c21-17-4-3-16(11-18(17)22)29-15-5-7-24(8-6-15)20(23)10-14-2-1-13(12-26)9-19(14)25(27)28/h1-4,9,11-12,15,20H,5-8,10H2. The third-order valence-corrected chi connectivity index (χ3v) is 6.07. The van der Waals surface area contributed by atoms with Crippen LogP contribution in [0.2, 0.25) is 10.0 Å². The highest BCUT2D eigenvalue weighted by atomic mass is 35.5. The van der Waals surface area contributed by atoms with E-state index in [0.29, 0.717) is 47.2 Å². The first-order chi connectivity index (χ1) is 13.9. The van der Waals surface area contributed by atoms with E-state index in [-0.39, 0.29) is 22.9 Å². The van der Waals surface area contributed by atoms with E-state index in [4.69, 9.17) is 39.5 Å². The molecular formula is C20H19Cl3N2O4. The van der Waals surface area contributed by atoms with Crippen molar-refractivity contribution in [3.8, 4) is 5.75 Å². The molecule has 0 N–H and O–H groups in total. The molecule has 1 atom stereocenters. The number of nitro benzene ring substituents is 1. The van der Waals surface area contributed by atoms with E-state index < -0.39 is 4.92 Å². The Balaban J connectivity index is 1.57. The van der Waals surface area contributed by atoms with Crippen LogP contribution in [0.15, 0.2) is 36.4 Å². The molecule has 9 heteroatoms. The lowest BCUT2D eigenvalue weighted by molar-refractivity contribution is -0.385. The first-order valence-electron chi connectivity index (χ1n) is 9.09. The molecule has 2 aromatic carbocycles. The molecule has 1 aliphatic heterocycles. The fourth-order valence-corrected chi connectivity index (χ4v) is 3.97. The summed E-state index contributed by atoms with van der Waals surface area (Å²) in [6.07, 6.45) is 2.49. The number of halogens is 3. The van der Waals surface area contributed by atoms with Gasteiger partial charge >= 0.3 is 0 Å². The summed E-state index contributed by atoms with van der Waals surface area (Å²) in [6, 6.07) is 9.62. The van der Waals surface area contributed by atoms with Crippen LogP contribution in [0.1, 0.15) is 28.8 Å². The van der Waals surface area contributed by atoms with E-state index in [9.17, 15) is 14.9 Å². The molecule has 0 radical (unpaired) electrons. The lowest BCUT2D eigenvalue weighted by Crippen LogP contribution is -2.42. The third kappa shape index (κ3) is 5.60. The van der Waals surface area contributed by atoms with Gasteiger partial charge in [-0.1, -0.05) is 35.3 Å². The van der Waals surface area contributed by atoms with Crippen LogP contribution >= 0.6 is 34.8 Å². The molecule has 0 aromatic heterocycles. The van der Waals surface area contributed by atoms with Gasteiger partial charge in [-0.2, -0.15) is 0 Å². The van der Waals surface area contributed by atoms with Crippen LogP contribution in [0.25, 0.3) is 0 Å². The van der Waals surface area contributed by atoms with E-state index in [2.05, 4.69) is 4.90 Å². The number of piperidine rings is 1. The van der Waals surface area contributed by atoms with Gasteiger partial charge in [-0.05, 0) is 25.0 Å². The summed E-state index contributed by atoms with van der Waals surface area (Å²) in [5.41, 5.74) is 0.307. The highest BCUT2D eigenvalue weighted by Gasteiger charge is 2.27.